The molecule has 0 bridgehead atoms. The van der Waals surface area contributed by atoms with Crippen LogP contribution in [0.15, 0.2) is 54.6 Å². The maximum atomic E-state index is 13.8. The molecule has 3 aromatic rings. The van der Waals surface area contributed by atoms with E-state index in [-0.39, 0.29) is 16.7 Å². The van der Waals surface area contributed by atoms with Crippen LogP contribution in [-0.4, -0.2) is 15.7 Å². The number of halogens is 5. The molecule has 2 aromatic carbocycles. The van der Waals surface area contributed by atoms with Gasteiger partial charge in [0.2, 0.25) is 0 Å². The molecule has 1 aromatic heterocycles. The van der Waals surface area contributed by atoms with Crippen LogP contribution in [0.2, 0.25) is 5.02 Å². The molecule has 3 rings (SSSR count). The van der Waals surface area contributed by atoms with E-state index in [1.807, 2.05) is 0 Å². The van der Waals surface area contributed by atoms with Crippen LogP contribution in [0, 0.1) is 5.82 Å². The Labute approximate surface area is 182 Å². The van der Waals surface area contributed by atoms with E-state index in [0.29, 0.717) is 27.1 Å². The fourth-order valence-electron chi connectivity index (χ4n) is 3.02. The number of carbonyl (C=O) groups is 1. The van der Waals surface area contributed by atoms with Crippen molar-refractivity contribution in [2.75, 3.05) is 4.90 Å². The normalized spacial score (nSPS) is 13.3. The third kappa shape index (κ3) is 4.83. The van der Waals surface area contributed by atoms with Crippen molar-refractivity contribution in [1.82, 2.24) is 0 Å². The molecule has 0 aliphatic heterocycles. The monoisotopic (exact) mass is 493 g/mol. The van der Waals surface area contributed by atoms with Crippen molar-refractivity contribution in [2.45, 2.75) is 11.8 Å². The molecular formula is C19H13ClF4NO4PS. The molecule has 2 N–H and O–H groups in total. The summed E-state index contributed by atoms with van der Waals surface area (Å²) >= 11 is 7.06. The maximum Gasteiger partial charge on any atom is 0.416 e. The second-order valence-corrected chi connectivity index (χ2v) is 9.45. The van der Waals surface area contributed by atoms with E-state index < -0.39 is 42.4 Å². The highest BCUT2D eigenvalue weighted by Crippen LogP contribution is 2.55. The summed E-state index contributed by atoms with van der Waals surface area (Å²) in [6.07, 6.45) is -4.14. The first-order valence-electron chi connectivity index (χ1n) is 8.38. The predicted octanol–water partition coefficient (Wildman–Crippen LogP) is 6.11. The van der Waals surface area contributed by atoms with Gasteiger partial charge in [-0.3, -0.25) is 14.3 Å². The molecule has 12 heteroatoms. The first-order chi connectivity index (χ1) is 14.3. The zero-order valence-corrected chi connectivity index (χ0v) is 17.8. The van der Waals surface area contributed by atoms with Crippen molar-refractivity contribution in [3.05, 3.63) is 76.5 Å². The lowest BCUT2D eigenvalue weighted by Gasteiger charge is -2.25. The predicted molar refractivity (Wildman–Crippen MR) is 111 cm³/mol. The Balaban J connectivity index is 2.16. The molecule has 0 saturated carbocycles. The zero-order valence-electron chi connectivity index (χ0n) is 15.3. The summed E-state index contributed by atoms with van der Waals surface area (Å²) in [5, 5.41) is 1.92. The summed E-state index contributed by atoms with van der Waals surface area (Å²) in [6.45, 7) is 3.33. The summed E-state index contributed by atoms with van der Waals surface area (Å²) in [5.41, 5.74) is -4.08. The summed E-state index contributed by atoms with van der Waals surface area (Å²) in [5.74, 6) is -2.56. The van der Waals surface area contributed by atoms with Crippen molar-refractivity contribution >= 4 is 52.2 Å². The van der Waals surface area contributed by atoms with E-state index in [0.717, 1.165) is 17.5 Å². The zero-order chi connectivity index (χ0) is 23.1. The van der Waals surface area contributed by atoms with E-state index in [1.165, 1.54) is 11.4 Å². The molecule has 0 radical (unpaired) electrons. The molecule has 0 aliphatic rings. The number of carbonyl (C=O) groups excluding carboxylic acids is 1. The Morgan fingerprint density at radius 3 is 2.48 bits per heavy atom. The van der Waals surface area contributed by atoms with Gasteiger partial charge in [-0.2, -0.15) is 13.2 Å². The lowest BCUT2D eigenvalue weighted by Crippen LogP contribution is -2.31. The average Bonchev–Trinajstić information content (AvgIpc) is 3.03. The Bertz CT molecular complexity index is 1220. The molecule has 1 atom stereocenters. The number of fused-ring (bicyclic) bond motifs is 1. The van der Waals surface area contributed by atoms with Gasteiger partial charge in [0.25, 0.3) is 5.91 Å². The molecule has 1 heterocycles. The second-order valence-electron chi connectivity index (χ2n) is 6.41. The van der Waals surface area contributed by atoms with E-state index in [4.69, 9.17) is 11.6 Å². The number of hydrogen-bond donors (Lipinski definition) is 2. The lowest BCUT2D eigenvalue weighted by atomic mass is 10.1. The average molecular weight is 494 g/mol. The van der Waals surface area contributed by atoms with Crippen molar-refractivity contribution < 1.29 is 36.7 Å². The molecule has 0 fully saturated rings. The van der Waals surface area contributed by atoms with Crippen LogP contribution in [0.3, 0.4) is 0 Å². The van der Waals surface area contributed by atoms with Crippen molar-refractivity contribution in [3.8, 4) is 0 Å². The van der Waals surface area contributed by atoms with Crippen LogP contribution < -0.4 is 4.90 Å². The molecule has 1 amide bonds. The minimum absolute atomic E-state index is 0.0554. The van der Waals surface area contributed by atoms with Gasteiger partial charge in [0.1, 0.15) is 5.82 Å². The molecule has 164 valence electrons. The van der Waals surface area contributed by atoms with Gasteiger partial charge >= 0.3 is 13.8 Å². The third-order valence-electron chi connectivity index (χ3n) is 4.34. The van der Waals surface area contributed by atoms with Crippen LogP contribution >= 0.6 is 30.5 Å². The summed E-state index contributed by atoms with van der Waals surface area (Å²) in [4.78, 5) is 33.5. The van der Waals surface area contributed by atoms with Gasteiger partial charge in [-0.25, -0.2) is 4.39 Å². The van der Waals surface area contributed by atoms with Gasteiger partial charge in [0, 0.05) is 15.9 Å². The standard InChI is InChI=1S/C19H13ClF4NO4PS/c1-2-25(13-6-10(19(22,23)24)5-12(21)8-13)18(26)17(30(27,28)29)15-9-31-16-4-3-11(20)7-14(15)16/h2-9,17H,1H2,(H2,27,28,29). The minimum atomic E-state index is -5.18. The summed E-state index contributed by atoms with van der Waals surface area (Å²) < 4.78 is 65.9. The van der Waals surface area contributed by atoms with E-state index in [9.17, 15) is 36.7 Å². The van der Waals surface area contributed by atoms with Gasteiger partial charge in [0.15, 0.2) is 5.66 Å². The number of rotatable bonds is 5. The summed E-state index contributed by atoms with van der Waals surface area (Å²) in [6, 6.07) is 5.93. The fraction of sp³-hybridized carbons (Fsp3) is 0.105. The molecule has 0 aliphatic carbocycles. The maximum absolute atomic E-state index is 13.8. The Morgan fingerprint density at radius 1 is 1.23 bits per heavy atom. The first kappa shape index (κ1) is 23.4. The molecule has 5 nitrogen and oxygen atoms in total. The Morgan fingerprint density at radius 2 is 1.90 bits per heavy atom. The number of hydrogen-bond acceptors (Lipinski definition) is 3. The lowest BCUT2D eigenvalue weighted by molar-refractivity contribution is -0.137. The summed E-state index contributed by atoms with van der Waals surface area (Å²) in [7, 11) is -5.18. The first-order valence-corrected chi connectivity index (χ1v) is 11.3. The van der Waals surface area contributed by atoms with Crippen molar-refractivity contribution in [3.63, 3.8) is 0 Å². The third-order valence-corrected chi connectivity index (χ3v) is 6.73. The Hall–Kier alpha value is -2.23. The van der Waals surface area contributed by atoms with Gasteiger partial charge in [-0.05, 0) is 52.7 Å². The number of anilines is 1. The number of nitrogens with zero attached hydrogens (tertiary/aromatic N) is 1. The molecule has 31 heavy (non-hydrogen) atoms. The van der Waals surface area contributed by atoms with Crippen LogP contribution in [0.25, 0.3) is 10.1 Å². The highest BCUT2D eigenvalue weighted by molar-refractivity contribution is 7.53. The fourth-order valence-corrected chi connectivity index (χ4v) is 5.25. The highest BCUT2D eigenvalue weighted by Gasteiger charge is 2.42. The van der Waals surface area contributed by atoms with Gasteiger partial charge < -0.3 is 9.79 Å². The van der Waals surface area contributed by atoms with Crippen LogP contribution in [0.5, 0.6) is 0 Å². The quantitative estimate of drug-likeness (QED) is 0.332. The van der Waals surface area contributed by atoms with Gasteiger partial charge in [-0.15, -0.1) is 11.3 Å². The minimum Gasteiger partial charge on any atom is -0.324 e. The topological polar surface area (TPSA) is 77.8 Å². The van der Waals surface area contributed by atoms with Crippen LogP contribution in [0.1, 0.15) is 16.8 Å². The van der Waals surface area contributed by atoms with E-state index in [1.54, 1.807) is 12.1 Å². The van der Waals surface area contributed by atoms with Gasteiger partial charge in [0.05, 0.1) is 11.3 Å². The number of alkyl halides is 3. The molecular weight excluding hydrogens is 481 g/mol. The van der Waals surface area contributed by atoms with E-state index >= 15 is 0 Å². The van der Waals surface area contributed by atoms with Crippen molar-refractivity contribution in [2.24, 2.45) is 0 Å². The molecule has 0 spiro atoms. The molecule has 1 unspecified atom stereocenters. The van der Waals surface area contributed by atoms with E-state index in [2.05, 4.69) is 6.58 Å². The second kappa shape index (κ2) is 8.37. The SMILES string of the molecule is C=CN(C(=O)C(c1csc2ccc(Cl)cc12)P(=O)(O)O)c1cc(F)cc(C(F)(F)F)c1. The smallest absolute Gasteiger partial charge is 0.324 e. The highest BCUT2D eigenvalue weighted by atomic mass is 35.5. The Kier molecular flexibility index (Phi) is 6.32. The number of amides is 1. The van der Waals surface area contributed by atoms with Crippen molar-refractivity contribution in [1.29, 1.82) is 0 Å². The van der Waals surface area contributed by atoms with Gasteiger partial charge in [-0.1, -0.05) is 18.2 Å². The largest absolute Gasteiger partial charge is 0.416 e. The van der Waals surface area contributed by atoms with Crippen LogP contribution in [-0.2, 0) is 15.5 Å². The molecule has 0 saturated heterocycles. The number of thiophene rings is 1. The van der Waals surface area contributed by atoms with Crippen LogP contribution in [0.4, 0.5) is 23.2 Å². The number of benzene rings is 2.